The summed E-state index contributed by atoms with van der Waals surface area (Å²) in [5.41, 5.74) is 10.0. The topological polar surface area (TPSA) is 125 Å². The number of nitrogen functional groups attached to an aromatic ring is 1. The normalized spacial score (nSPS) is 19.2. The highest BCUT2D eigenvalue weighted by Crippen LogP contribution is 2.37. The van der Waals surface area contributed by atoms with Crippen molar-refractivity contribution in [3.05, 3.63) is 54.0 Å². The van der Waals surface area contributed by atoms with Gasteiger partial charge in [-0.2, -0.15) is 9.40 Å². The summed E-state index contributed by atoms with van der Waals surface area (Å²) in [6, 6.07) is 8.55. The number of pyridine rings is 1. The third kappa shape index (κ3) is 3.28. The zero-order chi connectivity index (χ0) is 21.8. The number of amides is 1. The molecule has 10 heteroatoms. The van der Waals surface area contributed by atoms with Crippen LogP contribution in [0.25, 0.3) is 11.1 Å². The first-order valence-electron chi connectivity index (χ1n) is 9.99. The Labute approximate surface area is 179 Å². The molecule has 1 atom stereocenters. The van der Waals surface area contributed by atoms with E-state index in [9.17, 15) is 13.2 Å². The highest BCUT2D eigenvalue weighted by atomic mass is 32.2. The summed E-state index contributed by atoms with van der Waals surface area (Å²) < 4.78 is 28.1. The number of sulfonamides is 1. The van der Waals surface area contributed by atoms with E-state index in [1.807, 2.05) is 6.07 Å². The van der Waals surface area contributed by atoms with Gasteiger partial charge in [-0.3, -0.25) is 9.89 Å². The van der Waals surface area contributed by atoms with Crippen molar-refractivity contribution in [2.45, 2.75) is 23.7 Å². The molecule has 3 aromatic rings. The summed E-state index contributed by atoms with van der Waals surface area (Å²) in [6.45, 7) is 0.772. The van der Waals surface area contributed by atoms with E-state index in [2.05, 4.69) is 15.2 Å². The number of nitrogens with two attached hydrogens (primary N) is 1. The lowest BCUT2D eigenvalue weighted by Crippen LogP contribution is -2.28. The number of aromatic amines is 1. The molecule has 1 aromatic carbocycles. The minimum absolute atomic E-state index is 0.0104. The van der Waals surface area contributed by atoms with E-state index >= 15 is 0 Å². The fraction of sp³-hybridized carbons (Fsp3) is 0.286. The van der Waals surface area contributed by atoms with Crippen LogP contribution in [0.5, 0.6) is 0 Å². The third-order valence-electron chi connectivity index (χ3n) is 6.09. The Hall–Kier alpha value is -3.24. The van der Waals surface area contributed by atoms with Gasteiger partial charge in [0.25, 0.3) is 0 Å². The lowest BCUT2D eigenvalue weighted by molar-refractivity contribution is -0.117. The third-order valence-corrected chi connectivity index (χ3v) is 7.95. The van der Waals surface area contributed by atoms with Gasteiger partial charge in [0.1, 0.15) is 5.82 Å². The Morgan fingerprint density at radius 1 is 1.23 bits per heavy atom. The molecule has 1 fully saturated rings. The van der Waals surface area contributed by atoms with E-state index in [0.717, 1.165) is 28.1 Å². The van der Waals surface area contributed by atoms with Crippen LogP contribution in [0, 0.1) is 0 Å². The number of benzene rings is 1. The SMILES string of the molecule is CN1C(=O)Cc2cc(S(=O)(=O)N3CC[C@@H](c4[nH]ncc4-c4ccnc(N)c4)C3)ccc21. The molecule has 0 unspecified atom stereocenters. The van der Waals surface area contributed by atoms with Gasteiger partial charge in [-0.05, 0) is 47.9 Å². The molecule has 0 radical (unpaired) electrons. The van der Waals surface area contributed by atoms with E-state index in [4.69, 9.17) is 5.73 Å². The van der Waals surface area contributed by atoms with E-state index in [-0.39, 0.29) is 23.1 Å². The van der Waals surface area contributed by atoms with Gasteiger partial charge in [-0.15, -0.1) is 0 Å². The number of hydrogen-bond donors (Lipinski definition) is 2. The number of nitrogens with zero attached hydrogens (tertiary/aromatic N) is 4. The van der Waals surface area contributed by atoms with Crippen molar-refractivity contribution < 1.29 is 13.2 Å². The second kappa shape index (κ2) is 7.17. The number of carbonyl (C=O) groups is 1. The summed E-state index contributed by atoms with van der Waals surface area (Å²) in [5.74, 6) is 0.374. The molecular formula is C21H22N6O3S. The highest BCUT2D eigenvalue weighted by molar-refractivity contribution is 7.89. The molecule has 2 aromatic heterocycles. The number of rotatable bonds is 4. The van der Waals surface area contributed by atoms with Crippen LogP contribution in [-0.4, -0.2) is 53.9 Å². The van der Waals surface area contributed by atoms with Gasteiger partial charge in [-0.25, -0.2) is 13.4 Å². The number of nitrogens with one attached hydrogen (secondary N) is 1. The van der Waals surface area contributed by atoms with Crippen molar-refractivity contribution in [3.63, 3.8) is 0 Å². The van der Waals surface area contributed by atoms with E-state index in [0.29, 0.717) is 25.3 Å². The van der Waals surface area contributed by atoms with Gasteiger partial charge in [0, 0.05) is 49.2 Å². The molecule has 31 heavy (non-hydrogen) atoms. The summed E-state index contributed by atoms with van der Waals surface area (Å²) in [4.78, 5) is 17.7. The van der Waals surface area contributed by atoms with Crippen LogP contribution in [0.15, 0.2) is 47.6 Å². The Bertz CT molecular complexity index is 1290. The number of H-pyrrole nitrogens is 1. The van der Waals surface area contributed by atoms with Crippen LogP contribution in [0.1, 0.15) is 23.6 Å². The molecule has 9 nitrogen and oxygen atoms in total. The van der Waals surface area contributed by atoms with E-state index in [1.165, 1.54) is 4.31 Å². The van der Waals surface area contributed by atoms with Crippen molar-refractivity contribution in [1.29, 1.82) is 0 Å². The largest absolute Gasteiger partial charge is 0.384 e. The quantitative estimate of drug-likeness (QED) is 0.639. The predicted molar refractivity (Wildman–Crippen MR) is 116 cm³/mol. The van der Waals surface area contributed by atoms with Crippen molar-refractivity contribution in [2.24, 2.45) is 0 Å². The first-order chi connectivity index (χ1) is 14.8. The van der Waals surface area contributed by atoms with E-state index in [1.54, 1.807) is 48.6 Å². The number of aromatic nitrogens is 3. The molecule has 5 rings (SSSR count). The van der Waals surface area contributed by atoms with Gasteiger partial charge >= 0.3 is 0 Å². The van der Waals surface area contributed by atoms with Gasteiger partial charge < -0.3 is 10.6 Å². The molecule has 0 aliphatic carbocycles. The van der Waals surface area contributed by atoms with Crippen molar-refractivity contribution in [3.8, 4) is 11.1 Å². The second-order valence-electron chi connectivity index (χ2n) is 7.94. The van der Waals surface area contributed by atoms with Gasteiger partial charge in [-0.1, -0.05) is 0 Å². The molecule has 0 spiro atoms. The van der Waals surface area contributed by atoms with Gasteiger partial charge in [0.15, 0.2) is 0 Å². The van der Waals surface area contributed by atoms with Crippen molar-refractivity contribution in [1.82, 2.24) is 19.5 Å². The highest BCUT2D eigenvalue weighted by Gasteiger charge is 2.36. The Kier molecular flexibility index (Phi) is 4.56. The van der Waals surface area contributed by atoms with Crippen LogP contribution >= 0.6 is 0 Å². The van der Waals surface area contributed by atoms with Gasteiger partial charge in [0.2, 0.25) is 15.9 Å². The minimum Gasteiger partial charge on any atom is -0.384 e. The maximum Gasteiger partial charge on any atom is 0.243 e. The monoisotopic (exact) mass is 438 g/mol. The number of anilines is 2. The van der Waals surface area contributed by atoms with Crippen LogP contribution in [-0.2, 0) is 21.2 Å². The zero-order valence-electron chi connectivity index (χ0n) is 16.9. The first kappa shape index (κ1) is 19.7. The summed E-state index contributed by atoms with van der Waals surface area (Å²) >= 11 is 0. The van der Waals surface area contributed by atoms with Crippen LogP contribution < -0.4 is 10.6 Å². The van der Waals surface area contributed by atoms with Crippen molar-refractivity contribution in [2.75, 3.05) is 30.8 Å². The molecule has 1 saturated heterocycles. The number of likely N-dealkylation sites (N-methyl/N-ethyl adjacent to an activating group) is 1. The fourth-order valence-corrected chi connectivity index (χ4v) is 5.94. The van der Waals surface area contributed by atoms with E-state index < -0.39 is 10.0 Å². The molecule has 3 N–H and O–H groups in total. The fourth-order valence-electron chi connectivity index (χ4n) is 4.39. The average Bonchev–Trinajstić information content (AvgIpc) is 3.47. The lowest BCUT2D eigenvalue weighted by atomic mass is 9.97. The van der Waals surface area contributed by atoms with Crippen LogP contribution in [0.4, 0.5) is 11.5 Å². The second-order valence-corrected chi connectivity index (χ2v) is 9.87. The minimum atomic E-state index is -3.66. The molecule has 4 heterocycles. The predicted octanol–water partition coefficient (Wildman–Crippen LogP) is 1.75. The summed E-state index contributed by atoms with van der Waals surface area (Å²) in [6.07, 6.45) is 4.28. The Morgan fingerprint density at radius 2 is 2.06 bits per heavy atom. The summed E-state index contributed by atoms with van der Waals surface area (Å²) in [5, 5.41) is 7.23. The molecular weight excluding hydrogens is 416 g/mol. The van der Waals surface area contributed by atoms with Gasteiger partial charge in [0.05, 0.1) is 17.5 Å². The number of hydrogen-bond acceptors (Lipinski definition) is 6. The molecule has 0 bridgehead atoms. The van der Waals surface area contributed by atoms with Crippen molar-refractivity contribution >= 4 is 27.4 Å². The molecule has 160 valence electrons. The maximum absolute atomic E-state index is 13.3. The van der Waals surface area contributed by atoms with Crippen LogP contribution in [0.3, 0.4) is 0 Å². The van der Waals surface area contributed by atoms with Crippen LogP contribution in [0.2, 0.25) is 0 Å². The standard InChI is InChI=1S/C21H22N6O3S/c1-26-18-3-2-16(8-15(18)10-20(26)28)31(29,30)27-7-5-14(12-27)21-17(11-24-25-21)13-4-6-23-19(22)9-13/h2-4,6,8-9,11,14H,5,7,10,12H2,1H3,(H2,22,23)(H,24,25)/t14-/m1/s1. The number of carbonyl (C=O) groups excluding carboxylic acids is 1. The Balaban J connectivity index is 1.40. The molecule has 0 saturated carbocycles. The molecule has 2 aliphatic rings. The average molecular weight is 439 g/mol. The molecule has 2 aliphatic heterocycles. The Morgan fingerprint density at radius 3 is 2.87 bits per heavy atom. The maximum atomic E-state index is 13.3. The first-order valence-corrected chi connectivity index (χ1v) is 11.4. The smallest absolute Gasteiger partial charge is 0.243 e. The number of fused-ring (bicyclic) bond motifs is 1. The molecule has 1 amide bonds. The summed E-state index contributed by atoms with van der Waals surface area (Å²) in [7, 11) is -1.96. The zero-order valence-corrected chi connectivity index (χ0v) is 17.8. The lowest BCUT2D eigenvalue weighted by Gasteiger charge is -2.18.